The van der Waals surface area contributed by atoms with Gasteiger partial charge in [-0.3, -0.25) is 9.78 Å². The molecule has 0 N–H and O–H groups in total. The van der Waals surface area contributed by atoms with E-state index in [1.807, 2.05) is 6.92 Å². The Kier molecular flexibility index (Phi) is 2.45. The van der Waals surface area contributed by atoms with Gasteiger partial charge in [-0.25, -0.2) is 9.69 Å². The zero-order chi connectivity index (χ0) is 12.9. The van der Waals surface area contributed by atoms with E-state index in [-0.39, 0.29) is 11.9 Å². The van der Waals surface area contributed by atoms with Gasteiger partial charge >= 0.3 is 6.03 Å². The van der Waals surface area contributed by atoms with Crippen molar-refractivity contribution in [2.24, 2.45) is 0 Å². The summed E-state index contributed by atoms with van der Waals surface area (Å²) < 4.78 is 0.748. The molecule has 0 spiro atoms. The molecule has 3 amide bonds. The Labute approximate surface area is 113 Å². The SMILES string of the molecule is C[C@@]12CCCN1C(=O)N(c1cncc(Br)c1)C2=O. The van der Waals surface area contributed by atoms with Crippen LogP contribution < -0.4 is 4.90 Å². The maximum absolute atomic E-state index is 12.5. The first-order valence-electron chi connectivity index (χ1n) is 5.81. The lowest BCUT2D eigenvalue weighted by Gasteiger charge is -2.22. The van der Waals surface area contributed by atoms with E-state index in [9.17, 15) is 9.59 Å². The molecule has 3 heterocycles. The van der Waals surface area contributed by atoms with Crippen molar-refractivity contribution >= 4 is 33.6 Å². The van der Waals surface area contributed by atoms with Crippen LogP contribution in [0, 0.1) is 0 Å². The molecular weight excluding hydrogens is 298 g/mol. The van der Waals surface area contributed by atoms with Crippen molar-refractivity contribution in [1.82, 2.24) is 9.88 Å². The minimum atomic E-state index is -0.667. The van der Waals surface area contributed by atoms with Crippen LogP contribution in [0.1, 0.15) is 19.8 Å². The number of fused-ring (bicyclic) bond motifs is 1. The molecule has 2 saturated heterocycles. The summed E-state index contributed by atoms with van der Waals surface area (Å²) in [4.78, 5) is 31.7. The van der Waals surface area contributed by atoms with E-state index in [0.717, 1.165) is 17.3 Å². The molecule has 2 aliphatic rings. The molecule has 1 aromatic heterocycles. The molecule has 6 heteroatoms. The van der Waals surface area contributed by atoms with E-state index in [1.54, 1.807) is 17.2 Å². The molecule has 3 rings (SSSR count). The minimum absolute atomic E-state index is 0.148. The van der Waals surface area contributed by atoms with Gasteiger partial charge < -0.3 is 4.90 Å². The highest BCUT2D eigenvalue weighted by molar-refractivity contribution is 9.10. The average molecular weight is 310 g/mol. The summed E-state index contributed by atoms with van der Waals surface area (Å²) in [5, 5.41) is 0. The summed E-state index contributed by atoms with van der Waals surface area (Å²) in [5.41, 5.74) is -0.144. The van der Waals surface area contributed by atoms with Crippen LogP contribution >= 0.6 is 15.9 Å². The number of halogens is 1. The highest BCUT2D eigenvalue weighted by atomic mass is 79.9. The van der Waals surface area contributed by atoms with Gasteiger partial charge in [0, 0.05) is 17.2 Å². The van der Waals surface area contributed by atoms with Gasteiger partial charge in [0.05, 0.1) is 11.9 Å². The number of imide groups is 1. The summed E-state index contributed by atoms with van der Waals surface area (Å²) in [6.45, 7) is 2.49. The second-order valence-corrected chi connectivity index (χ2v) is 5.73. The molecule has 0 saturated carbocycles. The molecule has 0 bridgehead atoms. The summed E-state index contributed by atoms with van der Waals surface area (Å²) >= 11 is 3.30. The molecule has 5 nitrogen and oxygen atoms in total. The van der Waals surface area contributed by atoms with E-state index in [0.29, 0.717) is 12.2 Å². The fourth-order valence-corrected chi connectivity index (χ4v) is 3.04. The molecular formula is C12H12BrN3O2. The number of hydrogen-bond acceptors (Lipinski definition) is 3. The van der Waals surface area contributed by atoms with Crippen LogP contribution in [0.3, 0.4) is 0 Å². The number of urea groups is 1. The van der Waals surface area contributed by atoms with Crippen molar-refractivity contribution in [3.05, 3.63) is 22.9 Å². The first-order valence-corrected chi connectivity index (χ1v) is 6.60. The third-order valence-corrected chi connectivity index (χ3v) is 4.11. The van der Waals surface area contributed by atoms with Crippen LogP contribution in [0.4, 0.5) is 10.5 Å². The number of aromatic nitrogens is 1. The largest absolute Gasteiger partial charge is 0.332 e. The minimum Gasteiger partial charge on any atom is -0.309 e. The summed E-state index contributed by atoms with van der Waals surface area (Å²) in [7, 11) is 0. The lowest BCUT2D eigenvalue weighted by Crippen LogP contribution is -2.41. The number of rotatable bonds is 1. The van der Waals surface area contributed by atoms with Gasteiger partial charge in [-0.1, -0.05) is 0 Å². The Hall–Kier alpha value is -1.43. The van der Waals surface area contributed by atoms with Crippen molar-refractivity contribution < 1.29 is 9.59 Å². The molecule has 0 aliphatic carbocycles. The third-order valence-electron chi connectivity index (χ3n) is 3.68. The second kappa shape index (κ2) is 3.78. The van der Waals surface area contributed by atoms with Crippen molar-refractivity contribution in [2.45, 2.75) is 25.3 Å². The molecule has 0 radical (unpaired) electrons. The first kappa shape index (κ1) is 11.6. The summed E-state index contributed by atoms with van der Waals surface area (Å²) in [6, 6.07) is 1.49. The lowest BCUT2D eigenvalue weighted by atomic mass is 9.99. The van der Waals surface area contributed by atoms with Crippen LogP contribution in [0.15, 0.2) is 22.9 Å². The van der Waals surface area contributed by atoms with Gasteiger partial charge in [0.25, 0.3) is 5.91 Å². The Morgan fingerprint density at radius 3 is 2.83 bits per heavy atom. The van der Waals surface area contributed by atoms with Crippen molar-refractivity contribution in [3.63, 3.8) is 0 Å². The number of amides is 3. The first-order chi connectivity index (χ1) is 8.54. The van der Waals surface area contributed by atoms with Crippen molar-refractivity contribution in [2.75, 3.05) is 11.4 Å². The average Bonchev–Trinajstić information content (AvgIpc) is 2.79. The zero-order valence-electron chi connectivity index (χ0n) is 9.89. The third kappa shape index (κ3) is 1.41. The predicted octanol–water partition coefficient (Wildman–Crippen LogP) is 2.17. The van der Waals surface area contributed by atoms with E-state index in [4.69, 9.17) is 0 Å². The number of pyridine rings is 1. The van der Waals surface area contributed by atoms with Crippen molar-refractivity contribution in [3.8, 4) is 0 Å². The number of anilines is 1. The molecule has 2 fully saturated rings. The monoisotopic (exact) mass is 309 g/mol. The number of nitrogens with zero attached hydrogens (tertiary/aromatic N) is 3. The van der Waals surface area contributed by atoms with Crippen LogP contribution in [-0.4, -0.2) is 33.9 Å². The van der Waals surface area contributed by atoms with Crippen LogP contribution in [0.25, 0.3) is 0 Å². The van der Waals surface area contributed by atoms with E-state index in [2.05, 4.69) is 20.9 Å². The number of carbonyl (C=O) groups excluding carboxylic acids is 2. The molecule has 1 atom stereocenters. The van der Waals surface area contributed by atoms with Gasteiger partial charge in [0.15, 0.2) is 0 Å². The fraction of sp³-hybridized carbons (Fsp3) is 0.417. The standard InChI is InChI=1S/C12H12BrN3O2/c1-12-3-2-4-15(12)11(18)16(10(12)17)9-5-8(13)6-14-7-9/h5-7H,2-4H2,1H3/t12-/m0/s1. The topological polar surface area (TPSA) is 53.5 Å². The van der Waals surface area contributed by atoms with Gasteiger partial charge in [0.1, 0.15) is 5.54 Å². The molecule has 2 aliphatic heterocycles. The van der Waals surface area contributed by atoms with Gasteiger partial charge in [-0.2, -0.15) is 0 Å². The zero-order valence-corrected chi connectivity index (χ0v) is 11.5. The molecule has 0 unspecified atom stereocenters. The van der Waals surface area contributed by atoms with Crippen LogP contribution in [0.5, 0.6) is 0 Å². The summed E-state index contributed by atoms with van der Waals surface area (Å²) in [5.74, 6) is -0.148. The Morgan fingerprint density at radius 1 is 1.39 bits per heavy atom. The van der Waals surface area contributed by atoms with E-state index < -0.39 is 5.54 Å². The Bertz CT molecular complexity index is 548. The highest BCUT2D eigenvalue weighted by Crippen LogP contribution is 2.39. The van der Waals surface area contributed by atoms with Crippen molar-refractivity contribution in [1.29, 1.82) is 0 Å². The quantitative estimate of drug-likeness (QED) is 0.747. The molecule has 1 aromatic rings. The van der Waals surface area contributed by atoms with Crippen LogP contribution in [-0.2, 0) is 4.79 Å². The number of carbonyl (C=O) groups is 2. The normalized spacial score (nSPS) is 27.0. The predicted molar refractivity (Wildman–Crippen MR) is 69.2 cm³/mol. The second-order valence-electron chi connectivity index (χ2n) is 4.81. The van der Waals surface area contributed by atoms with Gasteiger partial charge in [-0.15, -0.1) is 0 Å². The maximum atomic E-state index is 12.5. The highest BCUT2D eigenvalue weighted by Gasteiger charge is 2.56. The van der Waals surface area contributed by atoms with E-state index in [1.165, 1.54) is 11.1 Å². The smallest absolute Gasteiger partial charge is 0.309 e. The number of hydrogen-bond donors (Lipinski definition) is 0. The molecule has 0 aromatic carbocycles. The maximum Gasteiger partial charge on any atom is 0.332 e. The van der Waals surface area contributed by atoms with Gasteiger partial charge in [-0.05, 0) is 41.8 Å². The Balaban J connectivity index is 2.05. The molecule has 94 valence electrons. The Morgan fingerprint density at radius 2 is 2.17 bits per heavy atom. The molecule has 18 heavy (non-hydrogen) atoms. The fourth-order valence-electron chi connectivity index (χ4n) is 2.69. The van der Waals surface area contributed by atoms with E-state index >= 15 is 0 Å². The lowest BCUT2D eigenvalue weighted by molar-refractivity contribution is -0.123. The summed E-state index contributed by atoms with van der Waals surface area (Å²) in [6.07, 6.45) is 4.78. The van der Waals surface area contributed by atoms with Crippen LogP contribution in [0.2, 0.25) is 0 Å². The van der Waals surface area contributed by atoms with Gasteiger partial charge in [0.2, 0.25) is 0 Å².